The molecule has 0 bridgehead atoms. The van der Waals surface area contributed by atoms with Crippen LogP contribution in [0.3, 0.4) is 0 Å². The number of benzene rings is 2. The molecule has 144 valence electrons. The zero-order chi connectivity index (χ0) is 20.0. The van der Waals surface area contributed by atoms with Crippen LogP contribution >= 0.6 is 12.6 Å². The van der Waals surface area contributed by atoms with Gasteiger partial charge in [-0.25, -0.2) is 4.79 Å². The Hall–Kier alpha value is -2.73. The fourth-order valence-electron chi connectivity index (χ4n) is 3.76. The smallest absolute Gasteiger partial charge is 0.331 e. The molecule has 28 heavy (non-hydrogen) atoms. The standard InChI is InChI=1S/C22H23N3O2S/c1-14(2)11-25-18-13-24(21(28)19(18)20(26)23(3)22(25)27)12-16-9-6-8-15-7-4-5-10-17(15)16/h4-10,13-14,28H,11-12H2,1-3H3. The third kappa shape index (κ3) is 2.98. The van der Waals surface area contributed by atoms with E-state index in [1.54, 1.807) is 4.57 Å². The summed E-state index contributed by atoms with van der Waals surface area (Å²) < 4.78 is 4.81. The molecule has 0 spiro atoms. The predicted octanol–water partition coefficient (Wildman–Crippen LogP) is 3.65. The van der Waals surface area contributed by atoms with E-state index in [1.807, 2.05) is 29.0 Å². The molecule has 6 heteroatoms. The molecule has 0 unspecified atom stereocenters. The quantitative estimate of drug-likeness (QED) is 0.538. The molecule has 0 aliphatic carbocycles. The van der Waals surface area contributed by atoms with E-state index in [0.29, 0.717) is 29.0 Å². The van der Waals surface area contributed by atoms with Gasteiger partial charge in [-0.1, -0.05) is 56.3 Å². The summed E-state index contributed by atoms with van der Waals surface area (Å²) >= 11 is 4.66. The molecule has 0 saturated heterocycles. The van der Waals surface area contributed by atoms with E-state index in [-0.39, 0.29) is 17.2 Å². The van der Waals surface area contributed by atoms with Gasteiger partial charge >= 0.3 is 5.69 Å². The summed E-state index contributed by atoms with van der Waals surface area (Å²) in [5.74, 6) is 0.281. The van der Waals surface area contributed by atoms with Gasteiger partial charge in [-0.3, -0.25) is 13.9 Å². The fourth-order valence-corrected chi connectivity index (χ4v) is 4.09. The minimum Gasteiger partial charge on any atom is -0.336 e. The molecule has 2 aromatic carbocycles. The predicted molar refractivity (Wildman–Crippen MR) is 117 cm³/mol. The molecule has 5 nitrogen and oxygen atoms in total. The maximum atomic E-state index is 12.8. The summed E-state index contributed by atoms with van der Waals surface area (Å²) in [7, 11) is 1.52. The molecule has 0 aliphatic heterocycles. The Bertz CT molecular complexity index is 1310. The minimum atomic E-state index is -0.304. The number of aromatic nitrogens is 3. The Kier molecular flexibility index (Phi) is 4.67. The van der Waals surface area contributed by atoms with Crippen LogP contribution in [0.15, 0.2) is 63.3 Å². The highest BCUT2D eigenvalue weighted by Crippen LogP contribution is 2.25. The van der Waals surface area contributed by atoms with Gasteiger partial charge in [0.15, 0.2) is 0 Å². The van der Waals surface area contributed by atoms with Crippen LogP contribution in [0, 0.1) is 5.92 Å². The monoisotopic (exact) mass is 393 g/mol. The number of hydrogen-bond donors (Lipinski definition) is 1. The minimum absolute atomic E-state index is 0.281. The van der Waals surface area contributed by atoms with E-state index < -0.39 is 0 Å². The lowest BCUT2D eigenvalue weighted by molar-refractivity contribution is 0.502. The average Bonchev–Trinajstić information content (AvgIpc) is 3.00. The van der Waals surface area contributed by atoms with E-state index in [9.17, 15) is 9.59 Å². The molecule has 2 aromatic heterocycles. The summed E-state index contributed by atoms with van der Waals surface area (Å²) in [6.45, 7) is 5.24. The average molecular weight is 394 g/mol. The van der Waals surface area contributed by atoms with Crippen LogP contribution in [0.5, 0.6) is 0 Å². The number of rotatable bonds is 4. The van der Waals surface area contributed by atoms with E-state index in [1.165, 1.54) is 22.4 Å². The van der Waals surface area contributed by atoms with Crippen LogP contribution in [-0.4, -0.2) is 13.7 Å². The van der Waals surface area contributed by atoms with Crippen molar-refractivity contribution in [1.82, 2.24) is 13.7 Å². The lowest BCUT2D eigenvalue weighted by Crippen LogP contribution is -2.38. The van der Waals surface area contributed by atoms with Gasteiger partial charge in [0.1, 0.15) is 0 Å². The molecule has 0 atom stereocenters. The number of nitrogens with zero attached hydrogens (tertiary/aromatic N) is 3. The SMILES string of the molecule is CC(C)Cn1c(=O)n(C)c(=O)c2c(S)n(Cc3cccc4ccccc34)cc21. The highest BCUT2D eigenvalue weighted by Gasteiger charge is 2.18. The summed E-state index contributed by atoms with van der Waals surface area (Å²) in [6.07, 6.45) is 1.88. The largest absolute Gasteiger partial charge is 0.336 e. The third-order valence-corrected chi connectivity index (χ3v) is 5.61. The van der Waals surface area contributed by atoms with Gasteiger partial charge in [-0.05, 0) is 22.3 Å². The maximum Gasteiger partial charge on any atom is 0.331 e. The normalized spacial score (nSPS) is 11.8. The molecule has 0 fully saturated rings. The molecule has 0 amide bonds. The van der Waals surface area contributed by atoms with Gasteiger partial charge in [0.2, 0.25) is 0 Å². The lowest BCUT2D eigenvalue weighted by Gasteiger charge is -2.11. The number of fused-ring (bicyclic) bond motifs is 2. The lowest BCUT2D eigenvalue weighted by atomic mass is 10.0. The summed E-state index contributed by atoms with van der Waals surface area (Å²) in [6, 6.07) is 14.4. The molecule has 0 N–H and O–H groups in total. The number of thiol groups is 1. The fraction of sp³-hybridized carbons (Fsp3) is 0.273. The van der Waals surface area contributed by atoms with Crippen molar-refractivity contribution >= 4 is 34.3 Å². The molecule has 2 heterocycles. The molecule has 4 aromatic rings. The first-order valence-electron chi connectivity index (χ1n) is 9.36. The van der Waals surface area contributed by atoms with Gasteiger partial charge in [-0.15, -0.1) is 12.6 Å². The second kappa shape index (κ2) is 7.02. The zero-order valence-corrected chi connectivity index (χ0v) is 17.1. The first-order valence-corrected chi connectivity index (χ1v) is 9.81. The van der Waals surface area contributed by atoms with Crippen molar-refractivity contribution in [3.63, 3.8) is 0 Å². The van der Waals surface area contributed by atoms with E-state index in [2.05, 4.69) is 50.7 Å². The molecule has 4 rings (SSSR count). The summed E-state index contributed by atoms with van der Waals surface area (Å²) in [5, 5.41) is 3.42. The van der Waals surface area contributed by atoms with Gasteiger partial charge in [0.25, 0.3) is 5.56 Å². The first kappa shape index (κ1) is 18.6. The van der Waals surface area contributed by atoms with Crippen molar-refractivity contribution in [3.05, 3.63) is 75.1 Å². The highest BCUT2D eigenvalue weighted by atomic mass is 32.1. The molecular weight excluding hydrogens is 370 g/mol. The van der Waals surface area contributed by atoms with Crippen molar-refractivity contribution in [2.24, 2.45) is 13.0 Å². The van der Waals surface area contributed by atoms with Crippen molar-refractivity contribution in [1.29, 1.82) is 0 Å². The van der Waals surface area contributed by atoms with Crippen LogP contribution in [0.2, 0.25) is 0 Å². The van der Waals surface area contributed by atoms with Gasteiger partial charge in [-0.2, -0.15) is 0 Å². The van der Waals surface area contributed by atoms with Gasteiger partial charge in [0.05, 0.1) is 15.9 Å². The third-order valence-electron chi connectivity index (χ3n) is 5.13. The van der Waals surface area contributed by atoms with E-state index in [4.69, 9.17) is 0 Å². The zero-order valence-electron chi connectivity index (χ0n) is 16.2. The molecule has 0 aliphatic rings. The topological polar surface area (TPSA) is 48.9 Å². The van der Waals surface area contributed by atoms with E-state index >= 15 is 0 Å². The van der Waals surface area contributed by atoms with Gasteiger partial charge < -0.3 is 4.57 Å². The summed E-state index contributed by atoms with van der Waals surface area (Å²) in [4.78, 5) is 25.5. The highest BCUT2D eigenvalue weighted by molar-refractivity contribution is 7.80. The molecular formula is C22H23N3O2S. The Morgan fingerprint density at radius 2 is 1.75 bits per heavy atom. The second-order valence-corrected chi connectivity index (χ2v) is 8.05. The van der Waals surface area contributed by atoms with Crippen molar-refractivity contribution in [2.75, 3.05) is 0 Å². The second-order valence-electron chi connectivity index (χ2n) is 7.63. The Morgan fingerprint density at radius 1 is 1.04 bits per heavy atom. The number of hydrogen-bond acceptors (Lipinski definition) is 3. The van der Waals surface area contributed by atoms with Crippen LogP contribution in [0.4, 0.5) is 0 Å². The Morgan fingerprint density at radius 3 is 2.50 bits per heavy atom. The first-order chi connectivity index (χ1) is 13.4. The maximum absolute atomic E-state index is 12.8. The Labute approximate surface area is 168 Å². The van der Waals surface area contributed by atoms with E-state index in [0.717, 1.165) is 5.56 Å². The van der Waals surface area contributed by atoms with Crippen LogP contribution in [-0.2, 0) is 20.1 Å². The van der Waals surface area contributed by atoms with Crippen LogP contribution < -0.4 is 11.2 Å². The van der Waals surface area contributed by atoms with Crippen molar-refractivity contribution in [3.8, 4) is 0 Å². The van der Waals surface area contributed by atoms with Gasteiger partial charge in [0, 0.05) is 26.3 Å². The Balaban J connectivity index is 1.94. The molecule has 0 radical (unpaired) electrons. The molecule has 0 saturated carbocycles. The summed E-state index contributed by atoms with van der Waals surface area (Å²) in [5.41, 5.74) is 1.19. The van der Waals surface area contributed by atoms with Crippen LogP contribution in [0.25, 0.3) is 21.7 Å². The van der Waals surface area contributed by atoms with Crippen molar-refractivity contribution < 1.29 is 0 Å². The van der Waals surface area contributed by atoms with Crippen LogP contribution in [0.1, 0.15) is 19.4 Å². The van der Waals surface area contributed by atoms with Crippen molar-refractivity contribution in [2.45, 2.75) is 32.0 Å².